The van der Waals surface area contributed by atoms with Crippen LogP contribution in [0.1, 0.15) is 19.3 Å². The standard InChI is InChI=1S/C14H14N2O/c17-14(11-5-1-6-11)16-12-8-2-4-10-7-3-9-15-13(10)12/h2-4,7-9,11H,1,5-6H2,(H,16,17). The van der Waals surface area contributed by atoms with Crippen molar-refractivity contribution in [3.05, 3.63) is 36.5 Å². The van der Waals surface area contributed by atoms with Crippen molar-refractivity contribution < 1.29 is 4.79 Å². The summed E-state index contributed by atoms with van der Waals surface area (Å²) in [6, 6.07) is 9.76. The predicted molar refractivity (Wildman–Crippen MR) is 67.7 cm³/mol. The maximum absolute atomic E-state index is 11.9. The second kappa shape index (κ2) is 4.17. The number of amides is 1. The number of benzene rings is 1. The van der Waals surface area contributed by atoms with Crippen LogP contribution in [-0.2, 0) is 4.79 Å². The number of anilines is 1. The van der Waals surface area contributed by atoms with Crippen molar-refractivity contribution in [2.75, 3.05) is 5.32 Å². The summed E-state index contributed by atoms with van der Waals surface area (Å²) in [4.78, 5) is 16.2. The van der Waals surface area contributed by atoms with Gasteiger partial charge in [-0.25, -0.2) is 0 Å². The smallest absolute Gasteiger partial charge is 0.227 e. The molecule has 1 aliphatic carbocycles. The summed E-state index contributed by atoms with van der Waals surface area (Å²) in [5.74, 6) is 0.336. The Bertz CT molecular complexity index is 556. The molecule has 1 aromatic carbocycles. The van der Waals surface area contributed by atoms with Crippen LogP contribution >= 0.6 is 0 Å². The Morgan fingerprint density at radius 2 is 2.06 bits per heavy atom. The SMILES string of the molecule is O=C(Nc1cccc2cccnc12)C1CCC1. The topological polar surface area (TPSA) is 42.0 Å². The number of carbonyl (C=O) groups is 1. The van der Waals surface area contributed by atoms with Gasteiger partial charge in [-0.1, -0.05) is 24.6 Å². The van der Waals surface area contributed by atoms with Crippen molar-refractivity contribution in [3.8, 4) is 0 Å². The third kappa shape index (κ3) is 1.88. The van der Waals surface area contributed by atoms with Crippen molar-refractivity contribution in [1.82, 2.24) is 4.98 Å². The van der Waals surface area contributed by atoms with Gasteiger partial charge in [0.1, 0.15) is 0 Å². The molecule has 2 aromatic rings. The Labute approximate surface area is 99.9 Å². The monoisotopic (exact) mass is 226 g/mol. The zero-order valence-electron chi connectivity index (χ0n) is 9.52. The average molecular weight is 226 g/mol. The van der Waals surface area contributed by atoms with E-state index in [2.05, 4.69) is 10.3 Å². The first-order valence-electron chi connectivity index (χ1n) is 5.99. The Morgan fingerprint density at radius 3 is 2.82 bits per heavy atom. The van der Waals surface area contributed by atoms with Crippen LogP contribution in [0.2, 0.25) is 0 Å². The second-order valence-corrected chi connectivity index (χ2v) is 4.50. The molecule has 3 rings (SSSR count). The highest BCUT2D eigenvalue weighted by molar-refractivity contribution is 6.01. The zero-order valence-corrected chi connectivity index (χ0v) is 9.52. The summed E-state index contributed by atoms with van der Waals surface area (Å²) in [6.07, 6.45) is 4.96. The molecular formula is C14H14N2O. The Hall–Kier alpha value is -1.90. The van der Waals surface area contributed by atoms with Crippen molar-refractivity contribution in [2.24, 2.45) is 5.92 Å². The van der Waals surface area contributed by atoms with Gasteiger partial charge in [0.15, 0.2) is 0 Å². The first-order chi connectivity index (χ1) is 8.34. The summed E-state index contributed by atoms with van der Waals surface area (Å²) < 4.78 is 0. The highest BCUT2D eigenvalue weighted by Crippen LogP contribution is 2.28. The zero-order chi connectivity index (χ0) is 11.7. The van der Waals surface area contributed by atoms with E-state index in [9.17, 15) is 4.79 Å². The van der Waals surface area contributed by atoms with E-state index in [-0.39, 0.29) is 11.8 Å². The molecule has 3 nitrogen and oxygen atoms in total. The molecule has 1 aromatic heterocycles. The molecule has 1 aliphatic rings. The van der Waals surface area contributed by atoms with Gasteiger partial charge in [0.25, 0.3) is 0 Å². The molecule has 0 spiro atoms. The van der Waals surface area contributed by atoms with Crippen molar-refractivity contribution in [3.63, 3.8) is 0 Å². The summed E-state index contributed by atoms with van der Waals surface area (Å²) in [6.45, 7) is 0. The Morgan fingerprint density at radius 1 is 1.24 bits per heavy atom. The molecule has 0 aliphatic heterocycles. The van der Waals surface area contributed by atoms with E-state index in [1.54, 1.807) is 6.20 Å². The molecule has 1 N–H and O–H groups in total. The fourth-order valence-electron chi connectivity index (χ4n) is 2.11. The van der Waals surface area contributed by atoms with Crippen LogP contribution in [0.3, 0.4) is 0 Å². The maximum Gasteiger partial charge on any atom is 0.227 e. The number of nitrogens with zero attached hydrogens (tertiary/aromatic N) is 1. The average Bonchev–Trinajstić information content (AvgIpc) is 2.27. The summed E-state index contributed by atoms with van der Waals surface area (Å²) >= 11 is 0. The van der Waals surface area contributed by atoms with Crippen molar-refractivity contribution >= 4 is 22.5 Å². The quantitative estimate of drug-likeness (QED) is 0.855. The van der Waals surface area contributed by atoms with Gasteiger partial charge >= 0.3 is 0 Å². The van der Waals surface area contributed by atoms with Gasteiger partial charge < -0.3 is 5.32 Å². The molecule has 0 atom stereocenters. The van der Waals surface area contributed by atoms with Crippen LogP contribution in [0, 0.1) is 5.92 Å². The van der Waals surface area contributed by atoms with Gasteiger partial charge in [0, 0.05) is 17.5 Å². The lowest BCUT2D eigenvalue weighted by atomic mass is 9.85. The molecule has 0 radical (unpaired) electrons. The number of carbonyl (C=O) groups excluding carboxylic acids is 1. The highest BCUT2D eigenvalue weighted by Gasteiger charge is 2.25. The molecule has 3 heteroatoms. The first kappa shape index (κ1) is 10.3. The molecule has 1 saturated carbocycles. The third-order valence-electron chi connectivity index (χ3n) is 3.37. The van der Waals surface area contributed by atoms with Crippen LogP contribution in [0.25, 0.3) is 10.9 Å². The number of aromatic nitrogens is 1. The third-order valence-corrected chi connectivity index (χ3v) is 3.37. The van der Waals surface area contributed by atoms with Crippen LogP contribution in [0.4, 0.5) is 5.69 Å². The van der Waals surface area contributed by atoms with E-state index in [0.717, 1.165) is 29.4 Å². The van der Waals surface area contributed by atoms with Gasteiger partial charge in [-0.15, -0.1) is 0 Å². The summed E-state index contributed by atoms with van der Waals surface area (Å²) in [5.41, 5.74) is 1.68. The number of rotatable bonds is 2. The van der Waals surface area contributed by atoms with E-state index in [0.29, 0.717) is 0 Å². The number of pyridine rings is 1. The van der Waals surface area contributed by atoms with Crippen molar-refractivity contribution in [2.45, 2.75) is 19.3 Å². The minimum atomic E-state index is 0.134. The normalized spacial score (nSPS) is 15.5. The van der Waals surface area contributed by atoms with Gasteiger partial charge in [0.05, 0.1) is 11.2 Å². The van der Waals surface area contributed by atoms with E-state index in [1.165, 1.54) is 6.42 Å². The van der Waals surface area contributed by atoms with Crippen LogP contribution in [0.15, 0.2) is 36.5 Å². The van der Waals surface area contributed by atoms with E-state index < -0.39 is 0 Å². The minimum Gasteiger partial charge on any atom is -0.324 e. The number of fused-ring (bicyclic) bond motifs is 1. The molecular weight excluding hydrogens is 212 g/mol. The molecule has 0 unspecified atom stereocenters. The Kier molecular flexibility index (Phi) is 2.52. The van der Waals surface area contributed by atoms with Crippen LogP contribution in [-0.4, -0.2) is 10.9 Å². The summed E-state index contributed by atoms with van der Waals surface area (Å²) in [7, 11) is 0. The molecule has 0 saturated heterocycles. The van der Waals surface area contributed by atoms with Gasteiger partial charge in [-0.05, 0) is 25.0 Å². The molecule has 17 heavy (non-hydrogen) atoms. The van der Waals surface area contributed by atoms with Gasteiger partial charge in [0.2, 0.25) is 5.91 Å². The van der Waals surface area contributed by atoms with Gasteiger partial charge in [-0.3, -0.25) is 9.78 Å². The maximum atomic E-state index is 11.9. The lowest BCUT2D eigenvalue weighted by Gasteiger charge is -2.24. The molecule has 1 amide bonds. The fraction of sp³-hybridized carbons (Fsp3) is 0.286. The van der Waals surface area contributed by atoms with E-state index in [4.69, 9.17) is 0 Å². The minimum absolute atomic E-state index is 0.134. The highest BCUT2D eigenvalue weighted by atomic mass is 16.1. The lowest BCUT2D eigenvalue weighted by molar-refractivity contribution is -0.122. The number of para-hydroxylation sites is 1. The number of nitrogens with one attached hydrogen (secondary N) is 1. The first-order valence-corrected chi connectivity index (χ1v) is 5.99. The number of hydrogen-bond donors (Lipinski definition) is 1. The molecule has 1 heterocycles. The predicted octanol–water partition coefficient (Wildman–Crippen LogP) is 2.97. The summed E-state index contributed by atoms with van der Waals surface area (Å²) in [5, 5.41) is 4.04. The molecule has 86 valence electrons. The van der Waals surface area contributed by atoms with Crippen LogP contribution < -0.4 is 5.32 Å². The lowest BCUT2D eigenvalue weighted by Crippen LogP contribution is -2.28. The second-order valence-electron chi connectivity index (χ2n) is 4.50. The molecule has 0 bridgehead atoms. The van der Waals surface area contributed by atoms with Gasteiger partial charge in [-0.2, -0.15) is 0 Å². The number of hydrogen-bond acceptors (Lipinski definition) is 2. The van der Waals surface area contributed by atoms with Crippen LogP contribution in [0.5, 0.6) is 0 Å². The molecule has 1 fully saturated rings. The van der Waals surface area contributed by atoms with Crippen molar-refractivity contribution in [1.29, 1.82) is 0 Å². The fourth-order valence-corrected chi connectivity index (χ4v) is 2.11. The van der Waals surface area contributed by atoms with E-state index >= 15 is 0 Å². The van der Waals surface area contributed by atoms with E-state index in [1.807, 2.05) is 30.3 Å². The largest absolute Gasteiger partial charge is 0.324 e. The Balaban J connectivity index is 1.91.